The number of methoxy groups -OCH3 is 1. The summed E-state index contributed by atoms with van der Waals surface area (Å²) in [4.78, 5) is 0. The van der Waals surface area contributed by atoms with Gasteiger partial charge >= 0.3 is 0 Å². The molecule has 0 aromatic carbocycles. The lowest BCUT2D eigenvalue weighted by Crippen LogP contribution is -2.59. The van der Waals surface area contributed by atoms with Crippen LogP contribution in [0.3, 0.4) is 0 Å². The van der Waals surface area contributed by atoms with Crippen LogP contribution in [0.15, 0.2) is 0 Å². The maximum Gasteiger partial charge on any atom is 0.198 e. The lowest BCUT2D eigenvalue weighted by Gasteiger charge is -2.45. The van der Waals surface area contributed by atoms with Crippen LogP contribution in [0.5, 0.6) is 0 Å². The average Bonchev–Trinajstić information content (AvgIpc) is 3.39. The molecule has 15 atom stereocenters. The molecule has 6 unspecified atom stereocenters. The molecule has 47 heavy (non-hydrogen) atoms. The molecule has 20 nitrogen and oxygen atoms in total. The minimum absolute atomic E-state index is 0.113. The van der Waals surface area contributed by atoms with Crippen molar-refractivity contribution < 1.29 is 96.3 Å². The first-order valence-corrected chi connectivity index (χ1v) is 16.3. The Morgan fingerprint density at radius 2 is 1.21 bits per heavy atom. The summed E-state index contributed by atoms with van der Waals surface area (Å²) in [5.74, 6) is -1.70. The molecule has 4 saturated heterocycles. The van der Waals surface area contributed by atoms with E-state index in [4.69, 9.17) is 52.0 Å². The Bertz CT molecular complexity index is 884. The van der Waals surface area contributed by atoms with Crippen LogP contribution in [0.4, 0.5) is 0 Å². The van der Waals surface area contributed by atoms with Crippen LogP contribution in [0.1, 0.15) is 13.3 Å². The predicted molar refractivity (Wildman–Crippen MR) is 152 cm³/mol. The first-order chi connectivity index (χ1) is 22.8. The van der Waals surface area contributed by atoms with Gasteiger partial charge in [0.15, 0.2) is 30.9 Å². The normalized spacial score (nSPS) is 42.2. The van der Waals surface area contributed by atoms with E-state index >= 15 is 0 Å². The number of ether oxygens (including phenoxy) is 7. The van der Waals surface area contributed by atoms with Crippen molar-refractivity contribution >= 4 is 24.6 Å². The Kier molecular flexibility index (Phi) is 16.9. The van der Waals surface area contributed by atoms with Gasteiger partial charge in [0, 0.05) is 24.9 Å². The molecule has 4 aliphatic rings. The number of rotatable bonds is 20. The fourth-order valence-corrected chi connectivity index (χ4v) is 7.34. The molecule has 22 heteroatoms. The molecule has 4 aliphatic heterocycles. The van der Waals surface area contributed by atoms with Crippen LogP contribution < -0.4 is 0 Å². The standard InChI is InChI=1S/C25H44O20S2/c1-3-11-19(28)17(37-14(4-26)22(11)40-46-44-42-31)8-35-7-13-20(29)18(38-15(5-27)23(13)41-47-45-43-32)9-34-6-12-16-10-36-24(12)21(30)25(33-2)39-16/h11-32H,3-10H2,1-2H3/t11-,12-,13-,14?,15?,16?,17+,18-,19?,20?,21?,22+,23+,24+,25-/m0/s1. The SMILES string of the molecule is CC[C@H]1C(O)[C@@H](COC[C@H]2C(O)[C@H](COC[C@H]3C4CO[C@H]3C(O)[C@@H](OC)O4)OC(CO)[C@@H]2OSOOO)OC(CO)[C@@H]1OSOOO. The molecule has 0 amide bonds. The van der Waals surface area contributed by atoms with Crippen molar-refractivity contribution in [1.82, 2.24) is 0 Å². The molecule has 0 spiro atoms. The van der Waals surface area contributed by atoms with Crippen molar-refractivity contribution in [2.24, 2.45) is 17.8 Å². The second-order valence-corrected chi connectivity index (χ2v) is 12.3. The topological polar surface area (TPSA) is 262 Å². The van der Waals surface area contributed by atoms with Gasteiger partial charge in [-0.05, 0) is 6.42 Å². The summed E-state index contributed by atoms with van der Waals surface area (Å²) < 4.78 is 59.7. The highest BCUT2D eigenvalue weighted by Crippen LogP contribution is 2.37. The van der Waals surface area contributed by atoms with Gasteiger partial charge in [-0.2, -0.15) is 0 Å². The van der Waals surface area contributed by atoms with Crippen molar-refractivity contribution in [3.63, 3.8) is 0 Å². The fourth-order valence-electron chi connectivity index (χ4n) is 6.51. The van der Waals surface area contributed by atoms with Gasteiger partial charge in [0.05, 0.1) is 70.7 Å². The zero-order valence-electron chi connectivity index (χ0n) is 25.6. The Hall–Kier alpha value is -0.100. The molecule has 0 saturated carbocycles. The minimum atomic E-state index is -1.27. The lowest BCUT2D eigenvalue weighted by atomic mass is 9.84. The third-order valence-corrected chi connectivity index (χ3v) is 9.69. The quantitative estimate of drug-likeness (QED) is 0.0322. The van der Waals surface area contributed by atoms with E-state index in [0.29, 0.717) is 18.7 Å². The first-order valence-electron chi connectivity index (χ1n) is 15.0. The number of hydrogen-bond donors (Lipinski definition) is 7. The summed E-state index contributed by atoms with van der Waals surface area (Å²) in [5.41, 5.74) is 0. The van der Waals surface area contributed by atoms with Crippen LogP contribution in [-0.2, 0) is 60.3 Å². The largest absolute Gasteiger partial charge is 0.394 e. The van der Waals surface area contributed by atoms with E-state index in [1.807, 2.05) is 0 Å². The highest BCUT2D eigenvalue weighted by molar-refractivity contribution is 7.89. The van der Waals surface area contributed by atoms with Crippen LogP contribution in [0.25, 0.3) is 0 Å². The van der Waals surface area contributed by atoms with Gasteiger partial charge in [-0.3, -0.25) is 8.37 Å². The predicted octanol–water partition coefficient (Wildman–Crippen LogP) is -1.61. The smallest absolute Gasteiger partial charge is 0.198 e. The van der Waals surface area contributed by atoms with E-state index in [1.54, 1.807) is 6.92 Å². The second-order valence-electron chi connectivity index (χ2n) is 11.4. The van der Waals surface area contributed by atoms with Gasteiger partial charge in [0.1, 0.15) is 42.7 Å². The fraction of sp³-hybridized carbons (Fsp3) is 1.00. The maximum atomic E-state index is 11.4. The highest BCUT2D eigenvalue weighted by atomic mass is 32.2. The van der Waals surface area contributed by atoms with Crippen LogP contribution in [0, 0.1) is 17.8 Å². The van der Waals surface area contributed by atoms with Crippen LogP contribution >= 0.6 is 24.6 Å². The van der Waals surface area contributed by atoms with Crippen molar-refractivity contribution in [3.8, 4) is 0 Å². The lowest BCUT2D eigenvalue weighted by molar-refractivity contribution is -0.435. The van der Waals surface area contributed by atoms with E-state index in [9.17, 15) is 25.5 Å². The molecule has 0 radical (unpaired) electrons. The van der Waals surface area contributed by atoms with Crippen molar-refractivity contribution in [2.75, 3.05) is 53.4 Å². The Morgan fingerprint density at radius 1 is 0.681 bits per heavy atom. The molecule has 4 rings (SSSR count). The second kappa shape index (κ2) is 20.1. The molecule has 4 heterocycles. The third-order valence-electron chi connectivity index (χ3n) is 8.86. The summed E-state index contributed by atoms with van der Waals surface area (Å²) in [6, 6.07) is 0. The summed E-state index contributed by atoms with van der Waals surface area (Å²) in [6.45, 7) is 0.706. The molecular weight excluding hydrogens is 684 g/mol. The maximum absolute atomic E-state index is 11.4. The minimum Gasteiger partial charge on any atom is -0.394 e. The monoisotopic (exact) mass is 728 g/mol. The number of hydrogen-bond acceptors (Lipinski definition) is 22. The molecule has 0 aromatic rings. The first kappa shape index (κ1) is 39.7. The Balaban J connectivity index is 1.37. The highest BCUT2D eigenvalue weighted by Gasteiger charge is 2.52. The van der Waals surface area contributed by atoms with Gasteiger partial charge in [-0.25, -0.2) is 10.5 Å². The molecule has 2 bridgehead atoms. The van der Waals surface area contributed by atoms with Crippen molar-refractivity contribution in [1.29, 1.82) is 0 Å². The molecule has 0 aromatic heterocycles. The Labute approximate surface area is 278 Å². The van der Waals surface area contributed by atoms with E-state index < -0.39 is 92.4 Å². The van der Waals surface area contributed by atoms with Gasteiger partial charge in [0.2, 0.25) is 0 Å². The number of fused-ring (bicyclic) bond motifs is 2. The molecule has 7 N–H and O–H groups in total. The summed E-state index contributed by atoms with van der Waals surface area (Å²) in [7, 11) is 1.43. The van der Waals surface area contributed by atoms with E-state index in [-0.39, 0.29) is 57.4 Å². The zero-order valence-corrected chi connectivity index (χ0v) is 27.2. The van der Waals surface area contributed by atoms with E-state index in [2.05, 4.69) is 18.7 Å². The third kappa shape index (κ3) is 9.82. The number of aliphatic hydroxyl groups is 5. The van der Waals surface area contributed by atoms with Gasteiger partial charge in [-0.1, -0.05) is 17.0 Å². The van der Waals surface area contributed by atoms with Crippen LogP contribution in [-0.4, -0.2) is 163 Å². The zero-order chi connectivity index (χ0) is 33.9. The van der Waals surface area contributed by atoms with Gasteiger partial charge in [0.25, 0.3) is 0 Å². The van der Waals surface area contributed by atoms with Crippen molar-refractivity contribution in [2.45, 2.75) is 86.8 Å². The summed E-state index contributed by atoms with van der Waals surface area (Å²) >= 11 is 0.554. The molecule has 0 aliphatic carbocycles. The molecule has 4 fully saturated rings. The Morgan fingerprint density at radius 3 is 1.72 bits per heavy atom. The average molecular weight is 729 g/mol. The summed E-state index contributed by atoms with van der Waals surface area (Å²) in [6.07, 6.45) is -10.3. The van der Waals surface area contributed by atoms with E-state index in [0.717, 1.165) is 0 Å². The molecular formula is C25H44O20S2. The van der Waals surface area contributed by atoms with Gasteiger partial charge in [-0.15, -0.1) is 8.67 Å². The molecule has 276 valence electrons. The summed E-state index contributed by atoms with van der Waals surface area (Å²) in [5, 5.41) is 76.9. The number of aliphatic hydroxyl groups excluding tert-OH is 5. The van der Waals surface area contributed by atoms with Crippen molar-refractivity contribution in [3.05, 3.63) is 0 Å². The van der Waals surface area contributed by atoms with Crippen LogP contribution in [0.2, 0.25) is 0 Å². The van der Waals surface area contributed by atoms with E-state index in [1.165, 1.54) is 7.11 Å². The van der Waals surface area contributed by atoms with Gasteiger partial charge < -0.3 is 58.7 Å².